The molecule has 0 bridgehead atoms. The highest BCUT2D eigenvalue weighted by molar-refractivity contribution is 5.96. The second-order valence-corrected chi connectivity index (χ2v) is 5.24. The average molecular weight is 315 g/mol. The SMILES string of the molecule is C=C(O)c1ccc2cc(C)nc(-c3c(F)cc(F)cc3F)c2c1. The predicted octanol–water partition coefficient (Wildman–Crippen LogP) is 5.16. The summed E-state index contributed by atoms with van der Waals surface area (Å²) in [6, 6.07) is 7.87. The minimum absolute atomic E-state index is 0.0538. The number of rotatable bonds is 2. The third kappa shape index (κ3) is 2.65. The summed E-state index contributed by atoms with van der Waals surface area (Å²) in [6.45, 7) is 5.13. The Morgan fingerprint density at radius 3 is 2.30 bits per heavy atom. The minimum Gasteiger partial charge on any atom is -0.508 e. The smallest absolute Gasteiger partial charge is 0.138 e. The van der Waals surface area contributed by atoms with Crippen LogP contribution in [0.4, 0.5) is 13.2 Å². The van der Waals surface area contributed by atoms with Crippen LogP contribution in [0.3, 0.4) is 0 Å². The molecule has 0 amide bonds. The van der Waals surface area contributed by atoms with Crippen molar-refractivity contribution in [3.05, 3.63) is 71.7 Å². The number of aliphatic hydroxyl groups excluding tert-OH is 1. The van der Waals surface area contributed by atoms with Gasteiger partial charge in [0.2, 0.25) is 0 Å². The van der Waals surface area contributed by atoms with Gasteiger partial charge in [0.15, 0.2) is 0 Å². The summed E-state index contributed by atoms with van der Waals surface area (Å²) < 4.78 is 41.4. The fraction of sp³-hybridized carbons (Fsp3) is 0.0556. The molecule has 1 aromatic heterocycles. The van der Waals surface area contributed by atoms with Crippen LogP contribution >= 0.6 is 0 Å². The first-order valence-electron chi connectivity index (χ1n) is 6.81. The van der Waals surface area contributed by atoms with E-state index < -0.39 is 23.0 Å². The molecule has 116 valence electrons. The molecular weight excluding hydrogens is 303 g/mol. The zero-order chi connectivity index (χ0) is 16.7. The molecule has 3 aromatic rings. The molecule has 1 N–H and O–H groups in total. The first-order chi connectivity index (χ1) is 10.9. The highest BCUT2D eigenvalue weighted by atomic mass is 19.1. The molecule has 0 fully saturated rings. The Morgan fingerprint density at radius 1 is 1.04 bits per heavy atom. The van der Waals surface area contributed by atoms with Crippen LogP contribution in [0.5, 0.6) is 0 Å². The van der Waals surface area contributed by atoms with Gasteiger partial charge in [0, 0.05) is 28.8 Å². The van der Waals surface area contributed by atoms with Crippen molar-refractivity contribution < 1.29 is 18.3 Å². The van der Waals surface area contributed by atoms with Crippen LogP contribution < -0.4 is 0 Å². The lowest BCUT2D eigenvalue weighted by molar-refractivity contribution is 0.514. The first-order valence-corrected chi connectivity index (χ1v) is 6.81. The zero-order valence-electron chi connectivity index (χ0n) is 12.2. The molecule has 2 aromatic carbocycles. The van der Waals surface area contributed by atoms with Crippen LogP contribution in [0.15, 0.2) is 43.0 Å². The Labute approximate surface area is 130 Å². The van der Waals surface area contributed by atoms with E-state index in [0.717, 1.165) is 0 Å². The molecule has 0 saturated heterocycles. The molecule has 0 aliphatic rings. The summed E-state index contributed by atoms with van der Waals surface area (Å²) in [5.41, 5.74) is 0.623. The van der Waals surface area contributed by atoms with Crippen LogP contribution in [-0.2, 0) is 0 Å². The van der Waals surface area contributed by atoms with Gasteiger partial charge in [-0.3, -0.25) is 4.98 Å². The average Bonchev–Trinajstić information content (AvgIpc) is 2.45. The number of hydrogen-bond donors (Lipinski definition) is 1. The molecule has 2 nitrogen and oxygen atoms in total. The molecule has 23 heavy (non-hydrogen) atoms. The van der Waals surface area contributed by atoms with E-state index in [1.807, 2.05) is 0 Å². The molecule has 0 unspecified atom stereocenters. The monoisotopic (exact) mass is 315 g/mol. The van der Waals surface area contributed by atoms with E-state index in [1.165, 1.54) is 0 Å². The lowest BCUT2D eigenvalue weighted by Gasteiger charge is -2.11. The number of fused-ring (bicyclic) bond motifs is 1. The van der Waals surface area contributed by atoms with Crippen molar-refractivity contribution in [2.75, 3.05) is 0 Å². The van der Waals surface area contributed by atoms with Gasteiger partial charge >= 0.3 is 0 Å². The molecular formula is C18H12F3NO. The number of nitrogens with zero attached hydrogens (tertiary/aromatic N) is 1. The summed E-state index contributed by atoms with van der Waals surface area (Å²) in [5, 5.41) is 10.7. The third-order valence-corrected chi connectivity index (χ3v) is 3.54. The van der Waals surface area contributed by atoms with Crippen molar-refractivity contribution >= 4 is 16.5 Å². The summed E-state index contributed by atoms with van der Waals surface area (Å²) in [5.74, 6) is -3.23. The summed E-state index contributed by atoms with van der Waals surface area (Å²) in [4.78, 5) is 4.21. The Balaban J connectivity index is 2.41. The van der Waals surface area contributed by atoms with Gasteiger partial charge < -0.3 is 5.11 Å². The number of pyridine rings is 1. The van der Waals surface area contributed by atoms with Crippen molar-refractivity contribution in [3.63, 3.8) is 0 Å². The van der Waals surface area contributed by atoms with Crippen LogP contribution in [0.25, 0.3) is 27.8 Å². The molecule has 0 aliphatic heterocycles. The first kappa shape index (κ1) is 15.1. The Kier molecular flexibility index (Phi) is 3.56. The molecule has 0 atom stereocenters. The molecule has 5 heteroatoms. The summed E-state index contributed by atoms with van der Waals surface area (Å²) >= 11 is 0. The van der Waals surface area contributed by atoms with Crippen molar-refractivity contribution in [2.45, 2.75) is 6.92 Å². The van der Waals surface area contributed by atoms with Gasteiger partial charge in [0.05, 0.1) is 11.3 Å². The topological polar surface area (TPSA) is 33.1 Å². The van der Waals surface area contributed by atoms with E-state index in [1.54, 1.807) is 31.2 Å². The Morgan fingerprint density at radius 2 is 1.70 bits per heavy atom. The number of aromatic nitrogens is 1. The Hall–Kier alpha value is -2.82. The highest BCUT2D eigenvalue weighted by Gasteiger charge is 2.18. The van der Waals surface area contributed by atoms with Gasteiger partial charge in [-0.15, -0.1) is 0 Å². The van der Waals surface area contributed by atoms with Gasteiger partial charge in [-0.2, -0.15) is 0 Å². The lowest BCUT2D eigenvalue weighted by atomic mass is 9.99. The van der Waals surface area contributed by atoms with E-state index >= 15 is 0 Å². The van der Waals surface area contributed by atoms with Crippen LogP contribution in [0.2, 0.25) is 0 Å². The van der Waals surface area contributed by atoms with E-state index in [2.05, 4.69) is 11.6 Å². The van der Waals surface area contributed by atoms with Gasteiger partial charge in [0.25, 0.3) is 0 Å². The van der Waals surface area contributed by atoms with Gasteiger partial charge in [-0.05, 0) is 24.4 Å². The van der Waals surface area contributed by atoms with E-state index in [9.17, 15) is 18.3 Å². The Bertz CT molecular complexity index is 927. The van der Waals surface area contributed by atoms with Gasteiger partial charge in [0.1, 0.15) is 23.2 Å². The number of aryl methyl sites for hydroxylation is 1. The van der Waals surface area contributed by atoms with Crippen LogP contribution in [0, 0.1) is 24.4 Å². The van der Waals surface area contributed by atoms with Crippen LogP contribution in [0.1, 0.15) is 11.3 Å². The summed E-state index contributed by atoms with van der Waals surface area (Å²) in [6.07, 6.45) is 0. The van der Waals surface area contributed by atoms with E-state index in [0.29, 0.717) is 34.2 Å². The van der Waals surface area contributed by atoms with Crippen LogP contribution in [-0.4, -0.2) is 10.1 Å². The summed E-state index contributed by atoms with van der Waals surface area (Å²) in [7, 11) is 0. The quantitative estimate of drug-likeness (QED) is 0.663. The maximum absolute atomic E-state index is 14.1. The predicted molar refractivity (Wildman–Crippen MR) is 83.5 cm³/mol. The fourth-order valence-electron chi connectivity index (χ4n) is 2.52. The highest BCUT2D eigenvalue weighted by Crippen LogP contribution is 2.33. The molecule has 0 spiro atoms. The van der Waals surface area contributed by atoms with Crippen molar-refractivity contribution in [3.8, 4) is 11.3 Å². The maximum atomic E-state index is 14.1. The lowest BCUT2D eigenvalue weighted by Crippen LogP contribution is -1.98. The van der Waals surface area contributed by atoms with E-state index in [4.69, 9.17) is 0 Å². The van der Waals surface area contributed by atoms with Crippen molar-refractivity contribution in [1.82, 2.24) is 4.98 Å². The van der Waals surface area contributed by atoms with E-state index in [-0.39, 0.29) is 11.5 Å². The number of aliphatic hydroxyl groups is 1. The van der Waals surface area contributed by atoms with Crippen molar-refractivity contribution in [2.24, 2.45) is 0 Å². The zero-order valence-corrected chi connectivity index (χ0v) is 12.2. The molecule has 3 rings (SSSR count). The third-order valence-electron chi connectivity index (χ3n) is 3.54. The molecule has 0 aliphatic carbocycles. The standard InChI is InChI=1S/C18H12F3NO/c1-9-5-12-4-3-11(10(2)23)6-14(12)18(22-9)17-15(20)7-13(19)8-16(17)21/h3-8,23H,2H2,1H3. The second kappa shape index (κ2) is 5.43. The molecule has 1 heterocycles. The fourth-order valence-corrected chi connectivity index (χ4v) is 2.52. The molecule has 0 radical (unpaired) electrons. The van der Waals surface area contributed by atoms with Gasteiger partial charge in [-0.25, -0.2) is 13.2 Å². The molecule has 0 saturated carbocycles. The second-order valence-electron chi connectivity index (χ2n) is 5.24. The van der Waals surface area contributed by atoms with Gasteiger partial charge in [-0.1, -0.05) is 18.7 Å². The number of benzene rings is 2. The number of halogens is 3. The van der Waals surface area contributed by atoms with Crippen molar-refractivity contribution in [1.29, 1.82) is 0 Å². The maximum Gasteiger partial charge on any atom is 0.138 e. The minimum atomic E-state index is -1.03. The number of hydrogen-bond acceptors (Lipinski definition) is 2. The largest absolute Gasteiger partial charge is 0.508 e. The normalized spacial score (nSPS) is 11.0.